The summed E-state index contributed by atoms with van der Waals surface area (Å²) in [7, 11) is 0. The summed E-state index contributed by atoms with van der Waals surface area (Å²) in [5.41, 5.74) is 13.2. The summed E-state index contributed by atoms with van der Waals surface area (Å²) in [5, 5.41) is 21.3. The van der Waals surface area contributed by atoms with Gasteiger partial charge in [0.25, 0.3) is 0 Å². The number of carbonyl (C=O) groups is 4. The first-order chi connectivity index (χ1) is 16.0. The third kappa shape index (κ3) is 9.78. The van der Waals surface area contributed by atoms with Crippen LogP contribution in [0.25, 0.3) is 0 Å². The summed E-state index contributed by atoms with van der Waals surface area (Å²) < 4.78 is 0. The smallest absolute Gasteiger partial charge is 0.243 e. The Balaban J connectivity index is 3.04. The molecule has 34 heavy (non-hydrogen) atoms. The maximum absolute atomic E-state index is 13.2. The fourth-order valence-electron chi connectivity index (χ4n) is 3.75. The predicted octanol–water partition coefficient (Wildman–Crippen LogP) is -1.21. The Morgan fingerprint density at radius 1 is 0.941 bits per heavy atom. The van der Waals surface area contributed by atoms with E-state index >= 15 is 0 Å². The highest BCUT2D eigenvalue weighted by molar-refractivity contribution is 5.90. The first kappa shape index (κ1) is 29.5. The Hall–Kier alpha value is -2.50. The van der Waals surface area contributed by atoms with Gasteiger partial charge < -0.3 is 37.8 Å². The molecule has 0 aromatic heterocycles. The molecule has 5 unspecified atom stereocenters. The van der Waals surface area contributed by atoms with Crippen molar-refractivity contribution in [3.05, 3.63) is 11.3 Å². The highest BCUT2D eigenvalue weighted by atomic mass is 16.3. The fraction of sp³-hybridized carbons (Fsp3) is 0.739. The normalized spacial score (nSPS) is 17.1. The highest BCUT2D eigenvalue weighted by Gasteiger charge is 2.32. The molecule has 0 aromatic rings. The topological polar surface area (TPSA) is 189 Å². The van der Waals surface area contributed by atoms with Crippen molar-refractivity contribution in [1.29, 1.82) is 0 Å². The van der Waals surface area contributed by atoms with E-state index in [4.69, 9.17) is 11.5 Å². The van der Waals surface area contributed by atoms with Gasteiger partial charge in [0.05, 0.1) is 12.1 Å². The molecule has 1 rings (SSSR count). The van der Waals surface area contributed by atoms with Crippen LogP contribution in [0.5, 0.6) is 0 Å². The third-order valence-corrected chi connectivity index (χ3v) is 5.61. The summed E-state index contributed by atoms with van der Waals surface area (Å²) in [5.74, 6) is -0.974. The van der Waals surface area contributed by atoms with E-state index in [1.54, 1.807) is 0 Å². The number of carbonyl (C=O) groups excluding carboxylic acids is 4. The third-order valence-electron chi connectivity index (χ3n) is 5.61. The molecule has 0 aliphatic heterocycles. The lowest BCUT2D eigenvalue weighted by molar-refractivity contribution is -0.131. The minimum absolute atomic E-state index is 0.154. The second-order valence-electron chi connectivity index (χ2n) is 9.23. The molecule has 194 valence electrons. The van der Waals surface area contributed by atoms with Gasteiger partial charge in [-0.15, -0.1) is 0 Å². The van der Waals surface area contributed by atoms with Crippen LogP contribution in [-0.2, 0) is 19.2 Å². The largest absolute Gasteiger partial charge is 0.391 e. The second-order valence-corrected chi connectivity index (χ2v) is 9.23. The van der Waals surface area contributed by atoms with Crippen molar-refractivity contribution in [2.45, 2.75) is 90.1 Å². The molecule has 1 fully saturated rings. The quantitative estimate of drug-likeness (QED) is 0.126. The number of hydrogen-bond donors (Lipinski definition) is 7. The molecular formula is C23H42N6O5. The number of rotatable bonds is 17. The van der Waals surface area contributed by atoms with Crippen LogP contribution in [0, 0.1) is 5.92 Å². The van der Waals surface area contributed by atoms with E-state index < -0.39 is 42.1 Å². The van der Waals surface area contributed by atoms with Gasteiger partial charge >= 0.3 is 0 Å². The first-order valence-corrected chi connectivity index (χ1v) is 11.9. The van der Waals surface area contributed by atoms with Gasteiger partial charge in [-0.1, -0.05) is 13.8 Å². The monoisotopic (exact) mass is 482 g/mol. The molecule has 1 aliphatic rings. The van der Waals surface area contributed by atoms with Gasteiger partial charge in [-0.3, -0.25) is 19.2 Å². The van der Waals surface area contributed by atoms with Crippen molar-refractivity contribution < 1.29 is 24.3 Å². The zero-order valence-electron chi connectivity index (χ0n) is 20.7. The Kier molecular flexibility index (Phi) is 12.8. The van der Waals surface area contributed by atoms with E-state index in [2.05, 4.69) is 21.3 Å². The van der Waals surface area contributed by atoms with Crippen LogP contribution in [0.15, 0.2) is 11.3 Å². The molecule has 11 heteroatoms. The van der Waals surface area contributed by atoms with Crippen LogP contribution in [0.2, 0.25) is 0 Å². The van der Waals surface area contributed by atoms with Gasteiger partial charge in [-0.05, 0) is 70.5 Å². The molecule has 1 saturated carbocycles. The van der Waals surface area contributed by atoms with E-state index in [9.17, 15) is 24.3 Å². The molecular weight excluding hydrogens is 440 g/mol. The number of nitrogens with one attached hydrogen (secondary N) is 4. The van der Waals surface area contributed by atoms with Crippen LogP contribution in [-0.4, -0.2) is 72.5 Å². The first-order valence-electron chi connectivity index (χ1n) is 11.9. The van der Waals surface area contributed by atoms with E-state index in [0.29, 0.717) is 24.9 Å². The SMILES string of the molecule is CC(=O)C(NC(=C1CC1)C(CCN)NC(=O)C(CCN)NC(=O)C(CC(C)C)NC=O)C(C)O. The van der Waals surface area contributed by atoms with Crippen molar-refractivity contribution in [3.8, 4) is 0 Å². The molecule has 0 bridgehead atoms. The Labute approximate surface area is 201 Å². The number of allylic oxidation sites excluding steroid dienone is 1. The van der Waals surface area contributed by atoms with Crippen LogP contribution in [0.4, 0.5) is 0 Å². The predicted molar refractivity (Wildman–Crippen MR) is 129 cm³/mol. The number of nitrogens with two attached hydrogens (primary N) is 2. The average Bonchev–Trinajstić information content (AvgIpc) is 3.57. The number of aliphatic hydroxyl groups is 1. The summed E-state index contributed by atoms with van der Waals surface area (Å²) in [4.78, 5) is 48.9. The lowest BCUT2D eigenvalue weighted by Gasteiger charge is -2.30. The van der Waals surface area contributed by atoms with Crippen molar-refractivity contribution in [2.24, 2.45) is 17.4 Å². The van der Waals surface area contributed by atoms with Crippen molar-refractivity contribution >= 4 is 24.0 Å². The number of hydrogen-bond acceptors (Lipinski definition) is 8. The second kappa shape index (κ2) is 14.7. The van der Waals surface area contributed by atoms with Gasteiger partial charge in [0.1, 0.15) is 18.1 Å². The summed E-state index contributed by atoms with van der Waals surface area (Å²) in [6.07, 6.45) is 2.20. The van der Waals surface area contributed by atoms with E-state index in [1.807, 2.05) is 13.8 Å². The molecule has 1 aliphatic carbocycles. The van der Waals surface area contributed by atoms with E-state index in [-0.39, 0.29) is 31.2 Å². The molecule has 0 aromatic carbocycles. The Morgan fingerprint density at radius 2 is 1.47 bits per heavy atom. The van der Waals surface area contributed by atoms with Crippen LogP contribution >= 0.6 is 0 Å². The van der Waals surface area contributed by atoms with E-state index in [0.717, 1.165) is 18.4 Å². The molecule has 0 saturated heterocycles. The number of amides is 3. The molecule has 5 atom stereocenters. The van der Waals surface area contributed by atoms with Crippen LogP contribution in [0.1, 0.15) is 59.8 Å². The number of ketones is 1. The van der Waals surface area contributed by atoms with Gasteiger partial charge in [-0.2, -0.15) is 0 Å². The van der Waals surface area contributed by atoms with Gasteiger partial charge in [0.2, 0.25) is 18.2 Å². The zero-order valence-corrected chi connectivity index (χ0v) is 20.7. The Morgan fingerprint density at radius 3 is 1.91 bits per heavy atom. The molecule has 0 radical (unpaired) electrons. The maximum atomic E-state index is 13.2. The van der Waals surface area contributed by atoms with Gasteiger partial charge in [-0.25, -0.2) is 0 Å². The van der Waals surface area contributed by atoms with Gasteiger partial charge in [0, 0.05) is 5.70 Å². The molecule has 0 heterocycles. The van der Waals surface area contributed by atoms with Crippen LogP contribution < -0.4 is 32.7 Å². The fourth-order valence-corrected chi connectivity index (χ4v) is 3.75. The number of Topliss-reactive ketones (excluding diaryl/α,β-unsaturated/α-hetero) is 1. The molecule has 11 nitrogen and oxygen atoms in total. The molecule has 0 spiro atoms. The standard InChI is InChI=1S/C23H42N6O5/c1-13(2)11-19(26-12-30)23(34)28-18(8-10-25)22(33)27-17(7-9-24)21(16-5-6-16)29-20(14(3)31)15(4)32/h12-14,17-20,29,31H,5-11,24-25H2,1-4H3,(H,26,30)(H,27,33)(H,28,34). The molecule has 3 amide bonds. The minimum atomic E-state index is -0.923. The van der Waals surface area contributed by atoms with E-state index in [1.165, 1.54) is 13.8 Å². The van der Waals surface area contributed by atoms with Crippen LogP contribution in [0.3, 0.4) is 0 Å². The minimum Gasteiger partial charge on any atom is -0.391 e. The summed E-state index contributed by atoms with van der Waals surface area (Å²) >= 11 is 0. The lowest BCUT2D eigenvalue weighted by atomic mass is 10.0. The highest BCUT2D eigenvalue weighted by Crippen LogP contribution is 2.33. The lowest BCUT2D eigenvalue weighted by Crippen LogP contribution is -2.56. The zero-order chi connectivity index (χ0) is 25.8. The van der Waals surface area contributed by atoms with Crippen molar-refractivity contribution in [2.75, 3.05) is 13.1 Å². The Bertz CT molecular complexity index is 733. The number of aliphatic hydroxyl groups excluding tert-OH is 1. The summed E-state index contributed by atoms with van der Waals surface area (Å²) in [6, 6.07) is -3.01. The van der Waals surface area contributed by atoms with Crippen molar-refractivity contribution in [3.63, 3.8) is 0 Å². The van der Waals surface area contributed by atoms with Crippen molar-refractivity contribution in [1.82, 2.24) is 21.3 Å². The molecule has 9 N–H and O–H groups in total. The summed E-state index contributed by atoms with van der Waals surface area (Å²) in [6.45, 7) is 7.21. The van der Waals surface area contributed by atoms with Gasteiger partial charge in [0.15, 0.2) is 5.78 Å². The maximum Gasteiger partial charge on any atom is 0.243 e. The average molecular weight is 483 g/mol.